The van der Waals surface area contributed by atoms with Gasteiger partial charge in [0, 0.05) is 20.1 Å². The van der Waals surface area contributed by atoms with Crippen molar-refractivity contribution in [3.8, 4) is 11.5 Å². The van der Waals surface area contributed by atoms with Gasteiger partial charge < -0.3 is 19.5 Å². The third kappa shape index (κ3) is 6.99. The molecule has 0 spiro atoms. The molecule has 5 nitrogen and oxygen atoms in total. The molecule has 1 aromatic carbocycles. The molecule has 0 aliphatic rings. The van der Waals surface area contributed by atoms with Crippen molar-refractivity contribution in [2.45, 2.75) is 19.3 Å². The summed E-state index contributed by atoms with van der Waals surface area (Å²) in [6.07, 6.45) is 2.29. The van der Waals surface area contributed by atoms with Gasteiger partial charge in [0.15, 0.2) is 0 Å². The molecule has 0 saturated carbocycles. The zero-order valence-corrected chi connectivity index (χ0v) is 12.2. The van der Waals surface area contributed by atoms with E-state index in [-0.39, 0.29) is 5.91 Å². The fourth-order valence-corrected chi connectivity index (χ4v) is 1.65. The van der Waals surface area contributed by atoms with Gasteiger partial charge in [0.25, 0.3) is 0 Å². The van der Waals surface area contributed by atoms with Gasteiger partial charge in [-0.1, -0.05) is 0 Å². The number of carbonyl (C=O) groups is 1. The second-order valence-electron chi connectivity index (χ2n) is 4.32. The van der Waals surface area contributed by atoms with Crippen LogP contribution in [0.4, 0.5) is 0 Å². The number of rotatable bonds is 10. The molecule has 1 rings (SSSR count). The van der Waals surface area contributed by atoms with Crippen LogP contribution < -0.4 is 14.8 Å². The van der Waals surface area contributed by atoms with Crippen molar-refractivity contribution in [1.82, 2.24) is 5.32 Å². The van der Waals surface area contributed by atoms with Crippen molar-refractivity contribution in [2.24, 2.45) is 0 Å². The highest BCUT2D eigenvalue weighted by Crippen LogP contribution is 2.16. The summed E-state index contributed by atoms with van der Waals surface area (Å²) >= 11 is 0. The Balaban J connectivity index is 2.07. The van der Waals surface area contributed by atoms with Crippen LogP contribution in [-0.4, -0.2) is 39.9 Å². The van der Waals surface area contributed by atoms with Crippen molar-refractivity contribution in [3.05, 3.63) is 24.3 Å². The van der Waals surface area contributed by atoms with Crippen LogP contribution in [0.1, 0.15) is 19.3 Å². The molecule has 0 aromatic heterocycles. The number of carbonyl (C=O) groups excluding carboxylic acids is 1. The van der Waals surface area contributed by atoms with Gasteiger partial charge >= 0.3 is 0 Å². The van der Waals surface area contributed by atoms with Crippen molar-refractivity contribution < 1.29 is 19.0 Å². The minimum absolute atomic E-state index is 0.0550. The fraction of sp³-hybridized carbons (Fsp3) is 0.533. The summed E-state index contributed by atoms with van der Waals surface area (Å²) in [7, 11) is 3.29. The number of hydrogen-bond donors (Lipinski definition) is 1. The third-order valence-corrected chi connectivity index (χ3v) is 2.75. The highest BCUT2D eigenvalue weighted by Gasteiger charge is 2.00. The average molecular weight is 281 g/mol. The molecule has 0 heterocycles. The number of benzene rings is 1. The van der Waals surface area contributed by atoms with E-state index in [0.717, 1.165) is 24.3 Å². The maximum absolute atomic E-state index is 11.5. The second-order valence-corrected chi connectivity index (χ2v) is 4.32. The van der Waals surface area contributed by atoms with Crippen LogP contribution in [0.15, 0.2) is 24.3 Å². The lowest BCUT2D eigenvalue weighted by Gasteiger charge is -2.08. The Kier molecular flexibility index (Phi) is 8.22. The predicted octanol–water partition coefficient (Wildman–Crippen LogP) is 2.01. The molecule has 0 unspecified atom stereocenters. The molecular weight excluding hydrogens is 258 g/mol. The van der Waals surface area contributed by atoms with Crippen LogP contribution in [0.2, 0.25) is 0 Å². The molecule has 1 amide bonds. The van der Waals surface area contributed by atoms with E-state index in [9.17, 15) is 4.79 Å². The van der Waals surface area contributed by atoms with Gasteiger partial charge in [-0.25, -0.2) is 0 Å². The van der Waals surface area contributed by atoms with E-state index in [2.05, 4.69) is 5.32 Å². The van der Waals surface area contributed by atoms with Crippen LogP contribution in [0.25, 0.3) is 0 Å². The maximum Gasteiger partial charge on any atom is 0.220 e. The second kappa shape index (κ2) is 10.1. The molecule has 20 heavy (non-hydrogen) atoms. The predicted molar refractivity (Wildman–Crippen MR) is 77.2 cm³/mol. The molecule has 112 valence electrons. The largest absolute Gasteiger partial charge is 0.497 e. The van der Waals surface area contributed by atoms with E-state index in [1.54, 1.807) is 14.2 Å². The van der Waals surface area contributed by atoms with E-state index in [1.165, 1.54) is 0 Å². The van der Waals surface area contributed by atoms with Crippen LogP contribution in [0, 0.1) is 0 Å². The lowest BCUT2D eigenvalue weighted by molar-refractivity contribution is -0.121. The van der Waals surface area contributed by atoms with E-state index in [0.29, 0.717) is 26.2 Å². The summed E-state index contributed by atoms with van der Waals surface area (Å²) in [5.41, 5.74) is 0. The first-order valence-electron chi connectivity index (χ1n) is 6.78. The summed E-state index contributed by atoms with van der Waals surface area (Å²) in [5.74, 6) is 1.61. The first kappa shape index (κ1) is 16.3. The molecule has 0 aliphatic heterocycles. The van der Waals surface area contributed by atoms with Gasteiger partial charge in [-0.15, -0.1) is 0 Å². The smallest absolute Gasteiger partial charge is 0.220 e. The molecule has 1 N–H and O–H groups in total. The Labute approximate surface area is 120 Å². The van der Waals surface area contributed by atoms with Crippen LogP contribution in [0.3, 0.4) is 0 Å². The number of amides is 1. The maximum atomic E-state index is 11.5. The number of nitrogens with one attached hydrogen (secondary N) is 1. The average Bonchev–Trinajstić information content (AvgIpc) is 2.49. The van der Waals surface area contributed by atoms with Gasteiger partial charge in [-0.05, 0) is 37.1 Å². The molecule has 1 aromatic rings. The van der Waals surface area contributed by atoms with E-state index in [1.807, 2.05) is 24.3 Å². The SMILES string of the molecule is COCCCCC(=O)NCCOc1ccc(OC)cc1. The Morgan fingerprint density at radius 3 is 2.40 bits per heavy atom. The monoisotopic (exact) mass is 281 g/mol. The quantitative estimate of drug-likeness (QED) is 0.667. The number of methoxy groups -OCH3 is 2. The zero-order chi connectivity index (χ0) is 14.6. The van der Waals surface area contributed by atoms with Gasteiger partial charge in [0.1, 0.15) is 18.1 Å². The van der Waals surface area contributed by atoms with Gasteiger partial charge in [-0.2, -0.15) is 0 Å². The van der Waals surface area contributed by atoms with E-state index >= 15 is 0 Å². The summed E-state index contributed by atoms with van der Waals surface area (Å²) < 4.78 is 15.5. The Morgan fingerprint density at radius 2 is 1.75 bits per heavy atom. The molecule has 0 aliphatic carbocycles. The number of hydrogen-bond acceptors (Lipinski definition) is 4. The fourth-order valence-electron chi connectivity index (χ4n) is 1.65. The first-order chi connectivity index (χ1) is 9.76. The van der Waals surface area contributed by atoms with Crippen LogP contribution in [0.5, 0.6) is 11.5 Å². The summed E-state index contributed by atoms with van der Waals surface area (Å²) in [5, 5.41) is 2.82. The molecule has 5 heteroatoms. The first-order valence-corrected chi connectivity index (χ1v) is 6.78. The molecule has 0 saturated heterocycles. The molecular formula is C15H23NO4. The Bertz CT molecular complexity index is 378. The summed E-state index contributed by atoms with van der Waals surface area (Å²) in [6.45, 7) is 1.67. The summed E-state index contributed by atoms with van der Waals surface area (Å²) in [4.78, 5) is 11.5. The van der Waals surface area contributed by atoms with Gasteiger partial charge in [-0.3, -0.25) is 4.79 Å². The number of unbranched alkanes of at least 4 members (excludes halogenated alkanes) is 1. The third-order valence-electron chi connectivity index (χ3n) is 2.75. The Hall–Kier alpha value is -1.75. The molecule has 0 atom stereocenters. The minimum atomic E-state index is 0.0550. The van der Waals surface area contributed by atoms with Crippen LogP contribution in [-0.2, 0) is 9.53 Å². The normalized spacial score (nSPS) is 10.1. The van der Waals surface area contributed by atoms with E-state index in [4.69, 9.17) is 14.2 Å². The lowest BCUT2D eigenvalue weighted by Crippen LogP contribution is -2.27. The van der Waals surface area contributed by atoms with Gasteiger partial charge in [0.2, 0.25) is 5.91 Å². The van der Waals surface area contributed by atoms with Crippen molar-refractivity contribution in [3.63, 3.8) is 0 Å². The van der Waals surface area contributed by atoms with Crippen LogP contribution >= 0.6 is 0 Å². The minimum Gasteiger partial charge on any atom is -0.497 e. The highest BCUT2D eigenvalue weighted by atomic mass is 16.5. The molecule has 0 radical (unpaired) electrons. The zero-order valence-electron chi connectivity index (χ0n) is 12.2. The highest BCUT2D eigenvalue weighted by molar-refractivity contribution is 5.75. The number of ether oxygens (including phenoxy) is 3. The van der Waals surface area contributed by atoms with E-state index < -0.39 is 0 Å². The topological polar surface area (TPSA) is 56.8 Å². The standard InChI is InChI=1S/C15H23NO4/c1-18-11-4-3-5-15(17)16-10-12-20-14-8-6-13(19-2)7-9-14/h6-9H,3-5,10-12H2,1-2H3,(H,16,17). The van der Waals surface area contributed by atoms with Crippen molar-refractivity contribution in [1.29, 1.82) is 0 Å². The molecule has 0 bridgehead atoms. The molecule has 0 fully saturated rings. The van der Waals surface area contributed by atoms with Crippen molar-refractivity contribution in [2.75, 3.05) is 34.0 Å². The summed E-state index contributed by atoms with van der Waals surface area (Å²) in [6, 6.07) is 7.35. The van der Waals surface area contributed by atoms with Crippen molar-refractivity contribution >= 4 is 5.91 Å². The lowest BCUT2D eigenvalue weighted by atomic mass is 10.2. The van der Waals surface area contributed by atoms with Gasteiger partial charge in [0.05, 0.1) is 13.7 Å². The Morgan fingerprint density at radius 1 is 1.05 bits per heavy atom.